The summed E-state index contributed by atoms with van der Waals surface area (Å²) in [6, 6.07) is 0. The molecule has 1 unspecified atom stereocenters. The summed E-state index contributed by atoms with van der Waals surface area (Å²) in [6.07, 6.45) is 2.28. The number of carbonyl (C=O) groups excluding carboxylic acids is 1. The Morgan fingerprint density at radius 2 is 2.21 bits per heavy atom. The molecule has 0 spiro atoms. The maximum Gasteiger partial charge on any atom is 0.254 e. The van der Waals surface area contributed by atoms with Crippen LogP contribution >= 0.6 is 0 Å². The number of aliphatic hydroxyl groups is 2. The Bertz CT molecular complexity index is 1030. The second-order valence-electron chi connectivity index (χ2n) is 6.58. The lowest BCUT2D eigenvalue weighted by molar-refractivity contribution is -0.0447. The van der Waals surface area contributed by atoms with Crippen molar-refractivity contribution >= 4 is 22.9 Å². The van der Waals surface area contributed by atoms with Crippen LogP contribution in [0, 0.1) is 5.92 Å². The molecule has 28 heavy (non-hydrogen) atoms. The first-order valence-electron chi connectivity index (χ1n) is 8.66. The zero-order chi connectivity index (χ0) is 20.0. The summed E-state index contributed by atoms with van der Waals surface area (Å²) >= 11 is 0. The Balaban J connectivity index is 1.77. The summed E-state index contributed by atoms with van der Waals surface area (Å²) in [6.45, 7) is 1.51. The van der Waals surface area contributed by atoms with E-state index in [2.05, 4.69) is 25.4 Å². The summed E-state index contributed by atoms with van der Waals surface area (Å²) in [4.78, 5) is 24.7. The number of amides is 1. The lowest BCUT2D eigenvalue weighted by Crippen LogP contribution is -2.28. The molecule has 4 heterocycles. The molecule has 4 rings (SSSR count). The fraction of sp³-hybridized carbons (Fsp3) is 0.438. The van der Waals surface area contributed by atoms with E-state index in [1.54, 1.807) is 4.57 Å². The van der Waals surface area contributed by atoms with Gasteiger partial charge in [0.15, 0.2) is 11.5 Å². The molecule has 0 bridgehead atoms. The van der Waals surface area contributed by atoms with Gasteiger partial charge < -0.3 is 26.0 Å². The lowest BCUT2D eigenvalue weighted by Gasteiger charge is -2.17. The highest BCUT2D eigenvalue weighted by molar-refractivity contribution is 5.93. The molecular formula is C16H20N8O4. The number of aromatic nitrogens is 6. The van der Waals surface area contributed by atoms with Crippen molar-refractivity contribution in [2.24, 2.45) is 5.92 Å². The maximum atomic E-state index is 11.7. The van der Waals surface area contributed by atoms with E-state index in [0.717, 1.165) is 0 Å². The minimum Gasteiger partial charge on any atom is -0.394 e. The molecule has 148 valence electrons. The highest BCUT2D eigenvalue weighted by Crippen LogP contribution is 2.36. The van der Waals surface area contributed by atoms with E-state index in [1.165, 1.54) is 30.5 Å². The Kier molecular flexibility index (Phi) is 4.45. The van der Waals surface area contributed by atoms with Gasteiger partial charge in [-0.1, -0.05) is 6.92 Å². The second-order valence-corrected chi connectivity index (χ2v) is 6.58. The van der Waals surface area contributed by atoms with Crippen LogP contribution < -0.4 is 11.1 Å². The fourth-order valence-corrected chi connectivity index (χ4v) is 3.27. The Morgan fingerprint density at radius 1 is 1.43 bits per heavy atom. The Labute approximate surface area is 159 Å². The van der Waals surface area contributed by atoms with Crippen LogP contribution in [0.2, 0.25) is 0 Å². The van der Waals surface area contributed by atoms with Crippen molar-refractivity contribution in [1.82, 2.24) is 34.6 Å². The number of hydrogen-bond donors (Lipinski definition) is 4. The third-order valence-electron chi connectivity index (χ3n) is 4.85. The normalized spacial score (nSPS) is 24.7. The average Bonchev–Trinajstić information content (AvgIpc) is 3.40. The van der Waals surface area contributed by atoms with Gasteiger partial charge in [-0.05, 0) is 0 Å². The zero-order valence-corrected chi connectivity index (χ0v) is 15.2. The van der Waals surface area contributed by atoms with E-state index >= 15 is 0 Å². The number of nitrogens with zero attached hydrogens (tertiary/aromatic N) is 6. The van der Waals surface area contributed by atoms with Crippen molar-refractivity contribution in [3.63, 3.8) is 0 Å². The van der Waals surface area contributed by atoms with Gasteiger partial charge >= 0.3 is 0 Å². The summed E-state index contributed by atoms with van der Waals surface area (Å²) in [5.74, 6) is -0.297. The summed E-state index contributed by atoms with van der Waals surface area (Å²) in [5, 5.41) is 26.2. The Hall–Kier alpha value is -3.09. The van der Waals surface area contributed by atoms with Crippen LogP contribution in [0.1, 0.15) is 23.5 Å². The number of nitrogen functional groups attached to an aromatic ring is 1. The highest BCUT2D eigenvalue weighted by atomic mass is 16.5. The standard InChI is InChI=1S/C16H20N8O4/c1-7-11(26)9(5-25)28-15(7)23-6-19-10-12(17)21-16(22-13(10)23)24-4-8(3-20-24)14(27)18-2/h3-4,6-7,9,11,15,25-26H,5H2,1-2H3,(H,18,27)(H2,17,21,22)/t7-,9-,11+,15?/m1/s1. The van der Waals surface area contributed by atoms with Crippen molar-refractivity contribution in [2.45, 2.75) is 25.4 Å². The van der Waals surface area contributed by atoms with Crippen molar-refractivity contribution in [3.05, 3.63) is 24.3 Å². The monoisotopic (exact) mass is 388 g/mol. The first-order chi connectivity index (χ1) is 13.4. The predicted molar refractivity (Wildman–Crippen MR) is 96.4 cm³/mol. The van der Waals surface area contributed by atoms with Gasteiger partial charge in [0.1, 0.15) is 17.8 Å². The fourth-order valence-electron chi connectivity index (χ4n) is 3.27. The van der Waals surface area contributed by atoms with Crippen molar-refractivity contribution in [3.8, 4) is 5.95 Å². The molecule has 1 aliphatic rings. The van der Waals surface area contributed by atoms with Gasteiger partial charge in [-0.2, -0.15) is 15.1 Å². The molecule has 1 aliphatic heterocycles. The number of ether oxygens (including phenoxy) is 1. The Morgan fingerprint density at radius 3 is 2.89 bits per heavy atom. The smallest absolute Gasteiger partial charge is 0.254 e. The van der Waals surface area contributed by atoms with E-state index in [1.807, 2.05) is 6.92 Å². The van der Waals surface area contributed by atoms with E-state index in [9.17, 15) is 15.0 Å². The second kappa shape index (κ2) is 6.82. The molecule has 5 N–H and O–H groups in total. The first-order valence-corrected chi connectivity index (χ1v) is 8.66. The zero-order valence-electron chi connectivity index (χ0n) is 15.2. The van der Waals surface area contributed by atoms with Crippen LogP contribution in [-0.2, 0) is 4.74 Å². The molecule has 1 saturated heterocycles. The van der Waals surface area contributed by atoms with Crippen LogP contribution in [0.15, 0.2) is 18.7 Å². The highest BCUT2D eigenvalue weighted by Gasteiger charge is 2.42. The molecule has 4 atom stereocenters. The molecule has 1 amide bonds. The number of nitrogens with one attached hydrogen (secondary N) is 1. The third-order valence-corrected chi connectivity index (χ3v) is 4.85. The van der Waals surface area contributed by atoms with E-state index in [0.29, 0.717) is 16.7 Å². The van der Waals surface area contributed by atoms with Crippen LogP contribution in [-0.4, -0.2) is 71.3 Å². The number of aliphatic hydroxyl groups excluding tert-OH is 2. The summed E-state index contributed by atoms with van der Waals surface area (Å²) < 4.78 is 8.75. The summed E-state index contributed by atoms with van der Waals surface area (Å²) in [5.41, 5.74) is 7.15. The quantitative estimate of drug-likeness (QED) is 0.431. The van der Waals surface area contributed by atoms with Crippen LogP contribution in [0.4, 0.5) is 5.82 Å². The minimum atomic E-state index is -0.827. The molecule has 0 aromatic carbocycles. The maximum absolute atomic E-state index is 11.7. The number of imidazole rings is 1. The van der Waals surface area contributed by atoms with Crippen LogP contribution in [0.5, 0.6) is 0 Å². The van der Waals surface area contributed by atoms with E-state index < -0.39 is 18.4 Å². The van der Waals surface area contributed by atoms with Gasteiger partial charge in [0, 0.05) is 19.2 Å². The number of rotatable bonds is 4. The SMILES string of the molecule is CNC(=O)c1cnn(-c2nc(N)c3ncn(C4O[C@H](CO)[C@@H](O)[C@H]4C)c3n2)c1. The molecule has 1 fully saturated rings. The molecule has 0 saturated carbocycles. The van der Waals surface area contributed by atoms with Crippen LogP contribution in [0.25, 0.3) is 17.1 Å². The molecule has 3 aromatic heterocycles. The lowest BCUT2D eigenvalue weighted by atomic mass is 10.0. The number of hydrogen-bond acceptors (Lipinski definition) is 9. The van der Waals surface area contributed by atoms with Crippen LogP contribution in [0.3, 0.4) is 0 Å². The number of fused-ring (bicyclic) bond motifs is 1. The first kappa shape index (κ1) is 18.3. The molecule has 12 heteroatoms. The van der Waals surface area contributed by atoms with E-state index in [4.69, 9.17) is 10.5 Å². The molecule has 12 nitrogen and oxygen atoms in total. The number of anilines is 1. The van der Waals surface area contributed by atoms with Gasteiger partial charge in [-0.3, -0.25) is 9.36 Å². The van der Waals surface area contributed by atoms with E-state index in [-0.39, 0.29) is 30.2 Å². The average molecular weight is 388 g/mol. The van der Waals surface area contributed by atoms with Gasteiger partial charge in [-0.25, -0.2) is 9.67 Å². The van der Waals surface area contributed by atoms with Gasteiger partial charge in [0.25, 0.3) is 11.9 Å². The molecular weight excluding hydrogens is 368 g/mol. The third kappa shape index (κ3) is 2.78. The van der Waals surface area contributed by atoms with Crippen molar-refractivity contribution < 1.29 is 19.7 Å². The molecule has 0 aliphatic carbocycles. The molecule has 3 aromatic rings. The largest absolute Gasteiger partial charge is 0.394 e. The van der Waals surface area contributed by atoms with Crippen molar-refractivity contribution in [1.29, 1.82) is 0 Å². The summed E-state index contributed by atoms with van der Waals surface area (Å²) in [7, 11) is 1.52. The minimum absolute atomic E-state index is 0.139. The topological polar surface area (TPSA) is 166 Å². The predicted octanol–water partition coefficient (Wildman–Crippen LogP) is -1.16. The van der Waals surface area contributed by atoms with Gasteiger partial charge in [0.05, 0.1) is 30.8 Å². The molecule has 0 radical (unpaired) electrons. The van der Waals surface area contributed by atoms with Crippen molar-refractivity contribution in [2.75, 3.05) is 19.4 Å². The van der Waals surface area contributed by atoms with Gasteiger partial charge in [0.2, 0.25) is 0 Å². The number of nitrogens with two attached hydrogens (primary N) is 1. The number of carbonyl (C=O) groups is 1. The van der Waals surface area contributed by atoms with Gasteiger partial charge in [-0.15, -0.1) is 0 Å².